The number of nitrogens with one attached hydrogen (secondary N) is 1. The Morgan fingerprint density at radius 3 is 2.85 bits per heavy atom. The average Bonchev–Trinajstić information content (AvgIpc) is 2.99. The fourth-order valence-corrected chi connectivity index (χ4v) is 3.90. The van der Waals surface area contributed by atoms with E-state index >= 15 is 0 Å². The van der Waals surface area contributed by atoms with Crippen LogP contribution in [0.5, 0.6) is 5.75 Å². The lowest BCUT2D eigenvalue weighted by atomic mass is 9.99. The van der Waals surface area contributed by atoms with E-state index in [1.807, 2.05) is 48.7 Å². The standard InChI is InChI=1S/C19H14BrN5O/c20-13-9-10(5-6-15(13)26)16-12-7-8-25-18(12)17(23-19(21)24-25)11-3-1-2-4-14(11)22-16/h1-9,16,22,26H,(H2,21,24). The predicted molar refractivity (Wildman–Crippen MR) is 104 cm³/mol. The Morgan fingerprint density at radius 1 is 1.15 bits per heavy atom. The molecule has 0 saturated carbocycles. The summed E-state index contributed by atoms with van der Waals surface area (Å²) in [6.07, 6.45) is 1.89. The van der Waals surface area contributed by atoms with Crippen molar-refractivity contribution < 1.29 is 5.11 Å². The Balaban J connectivity index is 1.84. The van der Waals surface area contributed by atoms with Gasteiger partial charge in [-0.1, -0.05) is 24.3 Å². The normalized spacial score (nSPS) is 15.3. The molecule has 26 heavy (non-hydrogen) atoms. The summed E-state index contributed by atoms with van der Waals surface area (Å²) < 4.78 is 2.43. The lowest BCUT2D eigenvalue weighted by Gasteiger charge is -2.20. The number of hydrogen-bond donors (Lipinski definition) is 3. The minimum Gasteiger partial charge on any atom is -0.507 e. The molecule has 1 unspecified atom stereocenters. The summed E-state index contributed by atoms with van der Waals surface area (Å²) in [5, 5.41) is 17.8. The minimum atomic E-state index is -0.119. The average molecular weight is 408 g/mol. The smallest absolute Gasteiger partial charge is 0.238 e. The monoisotopic (exact) mass is 407 g/mol. The highest BCUT2D eigenvalue weighted by molar-refractivity contribution is 9.10. The van der Waals surface area contributed by atoms with Crippen molar-refractivity contribution in [1.82, 2.24) is 14.6 Å². The van der Waals surface area contributed by atoms with E-state index < -0.39 is 0 Å². The highest BCUT2D eigenvalue weighted by Crippen LogP contribution is 2.42. The Hall–Kier alpha value is -3.06. The molecule has 0 spiro atoms. The molecular formula is C19H14BrN5O. The molecule has 2 aromatic carbocycles. The van der Waals surface area contributed by atoms with Crippen LogP contribution in [0.25, 0.3) is 16.8 Å². The van der Waals surface area contributed by atoms with Crippen LogP contribution in [0.15, 0.2) is 59.2 Å². The molecule has 6 nitrogen and oxygen atoms in total. The minimum absolute atomic E-state index is 0.119. The molecule has 2 aromatic heterocycles. The van der Waals surface area contributed by atoms with E-state index in [4.69, 9.17) is 5.73 Å². The number of rotatable bonds is 1. The van der Waals surface area contributed by atoms with Crippen LogP contribution in [0, 0.1) is 0 Å². The second-order valence-electron chi connectivity index (χ2n) is 6.22. The van der Waals surface area contributed by atoms with Crippen molar-refractivity contribution in [3.63, 3.8) is 0 Å². The van der Waals surface area contributed by atoms with Gasteiger partial charge < -0.3 is 16.2 Å². The number of benzene rings is 2. The van der Waals surface area contributed by atoms with Crippen LogP contribution in [0.2, 0.25) is 0 Å². The van der Waals surface area contributed by atoms with Gasteiger partial charge in [-0.15, -0.1) is 5.10 Å². The second-order valence-corrected chi connectivity index (χ2v) is 7.07. The first-order valence-corrected chi connectivity index (χ1v) is 8.90. The molecule has 0 fully saturated rings. The maximum Gasteiger partial charge on any atom is 0.238 e. The Labute approximate surface area is 157 Å². The molecule has 4 N–H and O–H groups in total. The number of nitrogen functional groups attached to an aromatic ring is 1. The summed E-state index contributed by atoms with van der Waals surface area (Å²) >= 11 is 3.41. The Morgan fingerprint density at radius 2 is 2.00 bits per heavy atom. The molecule has 7 heteroatoms. The first kappa shape index (κ1) is 15.2. The van der Waals surface area contributed by atoms with Crippen molar-refractivity contribution >= 4 is 33.1 Å². The lowest BCUT2D eigenvalue weighted by molar-refractivity contribution is 0.471. The van der Waals surface area contributed by atoms with Gasteiger partial charge in [0, 0.05) is 23.0 Å². The maximum atomic E-state index is 9.85. The zero-order chi connectivity index (χ0) is 17.8. The van der Waals surface area contributed by atoms with Crippen molar-refractivity contribution in [2.75, 3.05) is 11.1 Å². The van der Waals surface area contributed by atoms with Gasteiger partial charge in [0.05, 0.1) is 16.0 Å². The predicted octanol–water partition coefficient (Wildman–Crippen LogP) is 3.96. The van der Waals surface area contributed by atoms with Gasteiger partial charge in [0.15, 0.2) is 0 Å². The van der Waals surface area contributed by atoms with E-state index in [9.17, 15) is 5.11 Å². The number of fused-ring (bicyclic) bond motifs is 2. The van der Waals surface area contributed by atoms with Gasteiger partial charge in [-0.2, -0.15) is 0 Å². The number of halogens is 1. The van der Waals surface area contributed by atoms with Crippen LogP contribution in [0.1, 0.15) is 17.2 Å². The van der Waals surface area contributed by atoms with Crippen molar-refractivity contribution in [1.29, 1.82) is 0 Å². The number of nitrogens with two attached hydrogens (primary N) is 1. The zero-order valence-corrected chi connectivity index (χ0v) is 15.1. The number of phenols is 1. The van der Waals surface area contributed by atoms with E-state index in [0.29, 0.717) is 4.47 Å². The van der Waals surface area contributed by atoms with Gasteiger partial charge in [0.2, 0.25) is 5.95 Å². The van der Waals surface area contributed by atoms with Crippen LogP contribution in [0.4, 0.5) is 11.6 Å². The quantitative estimate of drug-likeness (QED) is 0.444. The molecule has 1 atom stereocenters. The van der Waals surface area contributed by atoms with E-state index in [2.05, 4.69) is 31.3 Å². The number of hydrogen-bond acceptors (Lipinski definition) is 5. The first-order valence-electron chi connectivity index (χ1n) is 8.11. The van der Waals surface area contributed by atoms with Crippen LogP contribution in [-0.4, -0.2) is 19.7 Å². The number of nitrogens with zero attached hydrogens (tertiary/aromatic N) is 3. The third-order valence-corrected chi connectivity index (χ3v) is 5.29. The van der Waals surface area contributed by atoms with Gasteiger partial charge in [-0.25, -0.2) is 9.50 Å². The van der Waals surface area contributed by atoms with Crippen molar-refractivity contribution in [3.8, 4) is 17.0 Å². The van der Waals surface area contributed by atoms with E-state index in [1.165, 1.54) is 0 Å². The molecule has 0 amide bonds. The highest BCUT2D eigenvalue weighted by Gasteiger charge is 2.27. The summed E-state index contributed by atoms with van der Waals surface area (Å²) in [6.45, 7) is 0. The maximum absolute atomic E-state index is 9.85. The van der Waals surface area contributed by atoms with Gasteiger partial charge in [-0.05, 0) is 45.8 Å². The SMILES string of the molecule is Nc1nc2c3c(ccn3n1)C(c1ccc(O)c(Br)c1)Nc1ccccc1-2. The molecule has 1 aliphatic rings. The zero-order valence-electron chi connectivity index (χ0n) is 13.5. The van der Waals surface area contributed by atoms with Gasteiger partial charge >= 0.3 is 0 Å². The molecule has 1 aliphatic heterocycles. The van der Waals surface area contributed by atoms with Gasteiger partial charge in [0.25, 0.3) is 0 Å². The van der Waals surface area contributed by atoms with Crippen LogP contribution in [-0.2, 0) is 0 Å². The van der Waals surface area contributed by atoms with Crippen LogP contribution >= 0.6 is 15.9 Å². The number of aromatic hydroxyl groups is 1. The summed E-state index contributed by atoms with van der Waals surface area (Å²) in [6, 6.07) is 15.4. The van der Waals surface area contributed by atoms with Crippen molar-refractivity contribution in [2.24, 2.45) is 0 Å². The van der Waals surface area contributed by atoms with E-state index in [-0.39, 0.29) is 17.7 Å². The third-order valence-electron chi connectivity index (χ3n) is 4.66. The summed E-state index contributed by atoms with van der Waals surface area (Å²) in [7, 11) is 0. The molecule has 0 bridgehead atoms. The van der Waals surface area contributed by atoms with Crippen LogP contribution in [0.3, 0.4) is 0 Å². The summed E-state index contributed by atoms with van der Waals surface area (Å²) in [5.74, 6) is 0.441. The largest absolute Gasteiger partial charge is 0.507 e. The number of anilines is 2. The van der Waals surface area contributed by atoms with Gasteiger partial charge in [-0.3, -0.25) is 0 Å². The molecule has 5 rings (SSSR count). The molecule has 0 saturated heterocycles. The fraction of sp³-hybridized carbons (Fsp3) is 0.0526. The lowest BCUT2D eigenvalue weighted by Crippen LogP contribution is -2.11. The highest BCUT2D eigenvalue weighted by atomic mass is 79.9. The van der Waals surface area contributed by atoms with Crippen molar-refractivity contribution in [2.45, 2.75) is 6.04 Å². The third kappa shape index (κ3) is 2.17. The van der Waals surface area contributed by atoms with Gasteiger partial charge in [0.1, 0.15) is 11.4 Å². The molecule has 4 aromatic rings. The first-order chi connectivity index (χ1) is 12.6. The van der Waals surface area contributed by atoms with Crippen LogP contribution < -0.4 is 11.1 Å². The fourth-order valence-electron chi connectivity index (χ4n) is 3.50. The molecule has 3 heterocycles. The Bertz CT molecular complexity index is 1170. The summed E-state index contributed by atoms with van der Waals surface area (Å²) in [4.78, 5) is 4.52. The number of aromatic nitrogens is 3. The number of para-hydroxylation sites is 1. The molecule has 0 aliphatic carbocycles. The topological polar surface area (TPSA) is 88.5 Å². The van der Waals surface area contributed by atoms with E-state index in [0.717, 1.165) is 33.6 Å². The Kier molecular flexibility index (Phi) is 3.20. The van der Waals surface area contributed by atoms with Crippen molar-refractivity contribution in [3.05, 3.63) is 70.3 Å². The molecule has 0 radical (unpaired) electrons. The summed E-state index contributed by atoms with van der Waals surface area (Å²) in [5.41, 5.74) is 11.7. The number of phenolic OH excluding ortho intramolecular Hbond substituents is 1. The second kappa shape index (κ2) is 5.47. The van der Waals surface area contributed by atoms with E-state index in [1.54, 1.807) is 10.6 Å². The molecule has 128 valence electrons. The molecular weight excluding hydrogens is 394 g/mol.